The largest absolute Gasteiger partial charge is 0.487 e. The Morgan fingerprint density at radius 1 is 1.22 bits per heavy atom. The summed E-state index contributed by atoms with van der Waals surface area (Å²) in [6, 6.07) is 12.7. The third-order valence-corrected chi connectivity index (χ3v) is 5.68. The van der Waals surface area contributed by atoms with Crippen molar-refractivity contribution in [3.63, 3.8) is 0 Å². The summed E-state index contributed by atoms with van der Waals surface area (Å²) < 4.78 is 6.46. The van der Waals surface area contributed by atoms with Crippen LogP contribution in [0.4, 0.5) is 0 Å². The third-order valence-electron chi connectivity index (χ3n) is 5.68. The van der Waals surface area contributed by atoms with Crippen molar-refractivity contribution >= 4 is 5.96 Å². The minimum atomic E-state index is -0.0133. The number of fused-ring (bicyclic) bond motifs is 1. The molecule has 0 saturated heterocycles. The predicted molar refractivity (Wildman–Crippen MR) is 108 cm³/mol. The number of rotatable bonds is 4. The van der Waals surface area contributed by atoms with Crippen molar-refractivity contribution in [3.8, 4) is 5.75 Å². The number of ether oxygens (including phenoxy) is 1. The Labute approximate surface area is 161 Å². The SMILES string of the molecule is CN=C(NCCc1cccnc1)NC1CC2(CCCC2)Oc2ccccc21. The first kappa shape index (κ1) is 17.8. The number of pyridine rings is 1. The van der Waals surface area contributed by atoms with E-state index in [1.165, 1.54) is 24.0 Å². The lowest BCUT2D eigenvalue weighted by Crippen LogP contribution is -2.47. The van der Waals surface area contributed by atoms with Gasteiger partial charge in [0, 0.05) is 38.0 Å². The number of aliphatic imine (C=N–C) groups is 1. The van der Waals surface area contributed by atoms with Gasteiger partial charge in [0.2, 0.25) is 0 Å². The maximum Gasteiger partial charge on any atom is 0.191 e. The standard InChI is InChI=1S/C22H28N4O/c1-23-21(25-14-10-17-7-6-13-24-16-17)26-19-15-22(11-4-5-12-22)27-20-9-3-2-8-18(19)20/h2-3,6-9,13,16,19H,4-5,10-12,14-15H2,1H3,(H2,23,25,26). The summed E-state index contributed by atoms with van der Waals surface area (Å²) in [6.45, 7) is 0.821. The highest BCUT2D eigenvalue weighted by atomic mass is 16.5. The smallest absolute Gasteiger partial charge is 0.191 e. The molecule has 1 unspecified atom stereocenters. The highest BCUT2D eigenvalue weighted by Crippen LogP contribution is 2.46. The molecule has 1 aromatic carbocycles. The molecule has 5 nitrogen and oxygen atoms in total. The molecule has 4 rings (SSSR count). The maximum atomic E-state index is 6.46. The molecule has 1 aliphatic heterocycles. The fraction of sp³-hybridized carbons (Fsp3) is 0.455. The molecular formula is C22H28N4O. The second-order valence-electron chi connectivity index (χ2n) is 7.54. The van der Waals surface area contributed by atoms with E-state index < -0.39 is 0 Å². The van der Waals surface area contributed by atoms with Crippen LogP contribution in [0, 0.1) is 0 Å². The van der Waals surface area contributed by atoms with Gasteiger partial charge in [-0.15, -0.1) is 0 Å². The lowest BCUT2D eigenvalue weighted by atomic mass is 9.86. The number of hydrogen-bond acceptors (Lipinski definition) is 3. The van der Waals surface area contributed by atoms with Gasteiger partial charge >= 0.3 is 0 Å². The van der Waals surface area contributed by atoms with Gasteiger partial charge in [0.15, 0.2) is 5.96 Å². The van der Waals surface area contributed by atoms with Gasteiger partial charge in [0.25, 0.3) is 0 Å². The second kappa shape index (κ2) is 7.99. The normalized spacial score (nSPS) is 20.8. The topological polar surface area (TPSA) is 58.5 Å². The number of aromatic nitrogens is 1. The molecular weight excluding hydrogens is 336 g/mol. The average Bonchev–Trinajstić information content (AvgIpc) is 3.15. The summed E-state index contributed by atoms with van der Waals surface area (Å²) in [7, 11) is 1.83. The van der Waals surface area contributed by atoms with Crippen molar-refractivity contribution in [1.29, 1.82) is 0 Å². The molecule has 142 valence electrons. The van der Waals surface area contributed by atoms with Crippen LogP contribution in [-0.2, 0) is 6.42 Å². The van der Waals surface area contributed by atoms with E-state index in [-0.39, 0.29) is 11.6 Å². The van der Waals surface area contributed by atoms with E-state index in [1.54, 1.807) is 6.20 Å². The Bertz CT molecular complexity index is 784. The number of nitrogens with one attached hydrogen (secondary N) is 2. The number of para-hydroxylation sites is 1. The number of benzene rings is 1. The monoisotopic (exact) mass is 364 g/mol. The molecule has 1 fully saturated rings. The van der Waals surface area contributed by atoms with Crippen molar-refractivity contribution in [3.05, 3.63) is 59.9 Å². The average molecular weight is 364 g/mol. The highest BCUT2D eigenvalue weighted by molar-refractivity contribution is 5.80. The van der Waals surface area contributed by atoms with E-state index >= 15 is 0 Å². The lowest BCUT2D eigenvalue weighted by Gasteiger charge is -2.40. The zero-order valence-electron chi connectivity index (χ0n) is 15.9. The molecule has 2 aromatic rings. The van der Waals surface area contributed by atoms with E-state index in [0.717, 1.165) is 43.9 Å². The summed E-state index contributed by atoms with van der Waals surface area (Å²) in [4.78, 5) is 8.61. The fourth-order valence-corrected chi connectivity index (χ4v) is 4.30. The zero-order chi connectivity index (χ0) is 18.5. The van der Waals surface area contributed by atoms with Crippen molar-refractivity contribution in [1.82, 2.24) is 15.6 Å². The molecule has 2 aliphatic rings. The Kier molecular flexibility index (Phi) is 5.28. The molecule has 2 N–H and O–H groups in total. The number of nitrogens with zero attached hydrogens (tertiary/aromatic N) is 2. The summed E-state index contributed by atoms with van der Waals surface area (Å²) in [6.07, 6.45) is 10.4. The van der Waals surface area contributed by atoms with Crippen molar-refractivity contribution < 1.29 is 4.74 Å². The van der Waals surface area contributed by atoms with Gasteiger partial charge in [-0.05, 0) is 49.8 Å². The van der Waals surface area contributed by atoms with Crippen LogP contribution in [-0.4, -0.2) is 30.1 Å². The van der Waals surface area contributed by atoms with Crippen LogP contribution in [0.5, 0.6) is 5.75 Å². The summed E-state index contributed by atoms with van der Waals surface area (Å²) in [5, 5.41) is 7.09. The Hall–Kier alpha value is -2.56. The Morgan fingerprint density at radius 2 is 2.07 bits per heavy atom. The molecule has 1 aliphatic carbocycles. The van der Waals surface area contributed by atoms with Gasteiger partial charge in [-0.2, -0.15) is 0 Å². The highest BCUT2D eigenvalue weighted by Gasteiger charge is 2.43. The van der Waals surface area contributed by atoms with Crippen LogP contribution in [0.15, 0.2) is 53.8 Å². The first-order valence-corrected chi connectivity index (χ1v) is 9.92. The zero-order valence-corrected chi connectivity index (χ0v) is 15.9. The van der Waals surface area contributed by atoms with Crippen LogP contribution in [0.1, 0.15) is 49.3 Å². The quantitative estimate of drug-likeness (QED) is 0.643. The van der Waals surface area contributed by atoms with Crippen LogP contribution in [0.25, 0.3) is 0 Å². The van der Waals surface area contributed by atoms with Crippen molar-refractivity contribution in [2.75, 3.05) is 13.6 Å². The van der Waals surface area contributed by atoms with Gasteiger partial charge in [0.1, 0.15) is 11.4 Å². The molecule has 0 radical (unpaired) electrons. The van der Waals surface area contributed by atoms with Crippen LogP contribution >= 0.6 is 0 Å². The van der Waals surface area contributed by atoms with Crippen molar-refractivity contribution in [2.45, 2.75) is 50.2 Å². The molecule has 0 amide bonds. The van der Waals surface area contributed by atoms with Gasteiger partial charge in [-0.1, -0.05) is 24.3 Å². The van der Waals surface area contributed by atoms with E-state index in [9.17, 15) is 0 Å². The molecule has 2 heterocycles. The third kappa shape index (κ3) is 4.07. The molecule has 1 saturated carbocycles. The summed E-state index contributed by atoms with van der Waals surface area (Å²) >= 11 is 0. The van der Waals surface area contributed by atoms with Gasteiger partial charge in [-0.3, -0.25) is 9.98 Å². The van der Waals surface area contributed by atoms with Crippen LogP contribution < -0.4 is 15.4 Å². The first-order chi connectivity index (χ1) is 13.3. The van der Waals surface area contributed by atoms with Gasteiger partial charge < -0.3 is 15.4 Å². The van der Waals surface area contributed by atoms with E-state index in [4.69, 9.17) is 4.74 Å². The summed E-state index contributed by atoms with van der Waals surface area (Å²) in [5.41, 5.74) is 2.44. The van der Waals surface area contributed by atoms with E-state index in [0.29, 0.717) is 0 Å². The molecule has 1 spiro atoms. The van der Waals surface area contributed by atoms with Crippen molar-refractivity contribution in [2.24, 2.45) is 4.99 Å². The Balaban J connectivity index is 1.43. The minimum Gasteiger partial charge on any atom is -0.487 e. The van der Waals surface area contributed by atoms with E-state index in [2.05, 4.69) is 50.9 Å². The van der Waals surface area contributed by atoms with E-state index in [1.807, 2.05) is 19.3 Å². The number of hydrogen-bond donors (Lipinski definition) is 2. The maximum absolute atomic E-state index is 6.46. The molecule has 1 aromatic heterocycles. The van der Waals surface area contributed by atoms with Crippen LogP contribution in [0.3, 0.4) is 0 Å². The minimum absolute atomic E-state index is 0.0133. The fourth-order valence-electron chi connectivity index (χ4n) is 4.30. The molecule has 1 atom stereocenters. The predicted octanol–water partition coefficient (Wildman–Crippen LogP) is 3.63. The second-order valence-corrected chi connectivity index (χ2v) is 7.54. The van der Waals surface area contributed by atoms with Crippen LogP contribution in [0.2, 0.25) is 0 Å². The molecule has 5 heteroatoms. The van der Waals surface area contributed by atoms with Gasteiger partial charge in [0.05, 0.1) is 6.04 Å². The van der Waals surface area contributed by atoms with Gasteiger partial charge in [-0.25, -0.2) is 0 Å². The molecule has 0 bridgehead atoms. The Morgan fingerprint density at radius 3 is 2.85 bits per heavy atom. The first-order valence-electron chi connectivity index (χ1n) is 9.92. The lowest BCUT2D eigenvalue weighted by molar-refractivity contribution is 0.0396. The molecule has 27 heavy (non-hydrogen) atoms. The summed E-state index contributed by atoms with van der Waals surface area (Å²) in [5.74, 6) is 1.86. The number of guanidine groups is 1.